The number of nitrogens with zero attached hydrogens (tertiary/aromatic N) is 1. The summed E-state index contributed by atoms with van der Waals surface area (Å²) in [6.07, 6.45) is 1.52. The van der Waals surface area contributed by atoms with Gasteiger partial charge in [-0.05, 0) is 48.5 Å². The van der Waals surface area contributed by atoms with Gasteiger partial charge in [0.25, 0.3) is 5.91 Å². The van der Waals surface area contributed by atoms with Gasteiger partial charge in [0.1, 0.15) is 5.82 Å². The molecule has 0 fully saturated rings. The second-order valence-electron chi connectivity index (χ2n) is 6.57. The molecule has 3 aromatic carbocycles. The molecule has 0 aliphatic carbocycles. The highest BCUT2D eigenvalue weighted by molar-refractivity contribution is 6.10. The quantitative estimate of drug-likeness (QED) is 0.453. The number of aromatic nitrogens is 1. The van der Waals surface area contributed by atoms with Gasteiger partial charge in [0.2, 0.25) is 5.89 Å². The Morgan fingerprint density at radius 2 is 1.61 bits per heavy atom. The van der Waals surface area contributed by atoms with Gasteiger partial charge in [0, 0.05) is 11.1 Å². The smallest absolute Gasteiger partial charge is 0.339 e. The number of hydrogen-bond donors (Lipinski definition) is 1. The fourth-order valence-corrected chi connectivity index (χ4v) is 3.08. The average Bonchev–Trinajstić information content (AvgIpc) is 3.29. The van der Waals surface area contributed by atoms with Crippen molar-refractivity contribution in [1.29, 1.82) is 0 Å². The van der Waals surface area contributed by atoms with Crippen molar-refractivity contribution in [3.63, 3.8) is 0 Å². The van der Waals surface area contributed by atoms with Crippen LogP contribution in [0.4, 0.5) is 10.1 Å². The fourth-order valence-electron chi connectivity index (χ4n) is 3.08. The highest BCUT2D eigenvalue weighted by atomic mass is 19.1. The zero-order valence-electron chi connectivity index (χ0n) is 16.5. The lowest BCUT2D eigenvalue weighted by Gasteiger charge is -2.11. The summed E-state index contributed by atoms with van der Waals surface area (Å²) in [6.45, 7) is 0. The Bertz CT molecular complexity index is 1250. The zero-order chi connectivity index (χ0) is 21.8. The first-order valence-corrected chi connectivity index (χ1v) is 9.36. The van der Waals surface area contributed by atoms with Crippen molar-refractivity contribution in [1.82, 2.24) is 4.98 Å². The van der Waals surface area contributed by atoms with Gasteiger partial charge < -0.3 is 14.5 Å². The van der Waals surface area contributed by atoms with Gasteiger partial charge in [-0.2, -0.15) is 0 Å². The topological polar surface area (TPSA) is 81.4 Å². The number of benzene rings is 3. The van der Waals surface area contributed by atoms with Crippen molar-refractivity contribution in [2.75, 3.05) is 12.4 Å². The van der Waals surface area contributed by atoms with E-state index in [-0.39, 0.29) is 17.3 Å². The molecule has 0 aliphatic rings. The number of anilines is 1. The van der Waals surface area contributed by atoms with Crippen molar-refractivity contribution in [3.8, 4) is 22.8 Å². The molecule has 1 amide bonds. The van der Waals surface area contributed by atoms with Gasteiger partial charge in [0.15, 0.2) is 5.76 Å². The molecule has 0 unspecified atom stereocenters. The monoisotopic (exact) mass is 416 g/mol. The molecule has 0 atom stereocenters. The Morgan fingerprint density at radius 1 is 0.935 bits per heavy atom. The number of nitrogens with one attached hydrogen (secondary N) is 1. The lowest BCUT2D eigenvalue weighted by Crippen LogP contribution is -2.16. The number of para-hydroxylation sites is 1. The second kappa shape index (κ2) is 8.62. The molecule has 1 aromatic heterocycles. The van der Waals surface area contributed by atoms with Crippen molar-refractivity contribution in [2.45, 2.75) is 0 Å². The summed E-state index contributed by atoms with van der Waals surface area (Å²) in [4.78, 5) is 29.3. The van der Waals surface area contributed by atoms with E-state index in [4.69, 9.17) is 9.15 Å². The highest BCUT2D eigenvalue weighted by Gasteiger charge is 2.19. The summed E-state index contributed by atoms with van der Waals surface area (Å²) in [5.41, 5.74) is 2.02. The van der Waals surface area contributed by atoms with Gasteiger partial charge in [-0.3, -0.25) is 4.79 Å². The maximum Gasteiger partial charge on any atom is 0.339 e. The summed E-state index contributed by atoms with van der Waals surface area (Å²) < 4.78 is 23.8. The van der Waals surface area contributed by atoms with E-state index in [2.05, 4.69) is 10.3 Å². The number of carbonyl (C=O) groups is 2. The third kappa shape index (κ3) is 4.20. The Hall–Kier alpha value is -4.26. The average molecular weight is 416 g/mol. The number of halogens is 1. The molecule has 6 nitrogen and oxygen atoms in total. The van der Waals surface area contributed by atoms with Crippen LogP contribution in [0.1, 0.15) is 20.7 Å². The number of oxazole rings is 1. The first-order valence-electron chi connectivity index (χ1n) is 9.36. The molecular formula is C24H17FN2O4. The number of methoxy groups -OCH3 is 1. The molecule has 0 saturated carbocycles. The maximum atomic E-state index is 13.2. The van der Waals surface area contributed by atoms with Crippen molar-refractivity contribution in [2.24, 2.45) is 0 Å². The van der Waals surface area contributed by atoms with Crippen LogP contribution in [0, 0.1) is 5.82 Å². The first-order chi connectivity index (χ1) is 15.1. The van der Waals surface area contributed by atoms with Gasteiger partial charge in [-0.1, -0.05) is 24.3 Å². The van der Waals surface area contributed by atoms with E-state index in [0.29, 0.717) is 28.1 Å². The van der Waals surface area contributed by atoms with Crippen LogP contribution in [0.2, 0.25) is 0 Å². The Labute approximate surface area is 177 Å². The molecule has 0 spiro atoms. The lowest BCUT2D eigenvalue weighted by molar-refractivity contribution is 0.0602. The zero-order valence-corrected chi connectivity index (χ0v) is 16.5. The molecule has 31 heavy (non-hydrogen) atoms. The molecule has 0 bridgehead atoms. The summed E-state index contributed by atoms with van der Waals surface area (Å²) in [6, 6.07) is 19.2. The van der Waals surface area contributed by atoms with Gasteiger partial charge in [-0.25, -0.2) is 14.2 Å². The minimum absolute atomic E-state index is 0.241. The molecule has 1 N–H and O–H groups in total. The number of amides is 1. The summed E-state index contributed by atoms with van der Waals surface area (Å²) in [7, 11) is 1.28. The summed E-state index contributed by atoms with van der Waals surface area (Å²) in [5.74, 6) is -0.653. The normalized spacial score (nSPS) is 10.5. The largest absolute Gasteiger partial charge is 0.465 e. The standard InChI is InChI=1S/C24H17FN2O4/c1-30-24(29)19-8-4-5-9-20(19)27-22(28)17-6-2-3-7-18(17)23-26-14-21(31-23)15-10-12-16(25)13-11-15/h2-14H,1H3,(H,27,28). The SMILES string of the molecule is COC(=O)c1ccccc1NC(=O)c1ccccc1-c1ncc(-c2ccc(F)cc2)o1. The highest BCUT2D eigenvalue weighted by Crippen LogP contribution is 2.29. The Balaban J connectivity index is 1.65. The van der Waals surface area contributed by atoms with Crippen LogP contribution in [-0.4, -0.2) is 24.0 Å². The second-order valence-corrected chi connectivity index (χ2v) is 6.57. The predicted octanol–water partition coefficient (Wildman–Crippen LogP) is 5.19. The van der Waals surface area contributed by atoms with Crippen LogP contribution in [0.5, 0.6) is 0 Å². The van der Waals surface area contributed by atoms with E-state index in [9.17, 15) is 14.0 Å². The molecule has 4 aromatic rings. The van der Waals surface area contributed by atoms with Gasteiger partial charge >= 0.3 is 5.97 Å². The van der Waals surface area contributed by atoms with Crippen LogP contribution < -0.4 is 5.32 Å². The van der Waals surface area contributed by atoms with Crippen LogP contribution in [0.15, 0.2) is 83.4 Å². The lowest BCUT2D eigenvalue weighted by atomic mass is 10.1. The number of hydrogen-bond acceptors (Lipinski definition) is 5. The van der Waals surface area contributed by atoms with E-state index in [1.165, 1.54) is 25.4 Å². The minimum Gasteiger partial charge on any atom is -0.465 e. The van der Waals surface area contributed by atoms with Crippen LogP contribution in [0.25, 0.3) is 22.8 Å². The van der Waals surface area contributed by atoms with E-state index < -0.39 is 11.9 Å². The molecular weight excluding hydrogens is 399 g/mol. The fraction of sp³-hybridized carbons (Fsp3) is 0.0417. The van der Waals surface area contributed by atoms with Crippen LogP contribution in [-0.2, 0) is 4.74 Å². The maximum absolute atomic E-state index is 13.2. The van der Waals surface area contributed by atoms with Crippen LogP contribution in [0.3, 0.4) is 0 Å². The van der Waals surface area contributed by atoms with E-state index >= 15 is 0 Å². The molecule has 154 valence electrons. The minimum atomic E-state index is -0.555. The molecule has 7 heteroatoms. The van der Waals surface area contributed by atoms with Crippen LogP contribution >= 0.6 is 0 Å². The summed E-state index contributed by atoms with van der Waals surface area (Å²) in [5, 5.41) is 2.75. The van der Waals surface area contributed by atoms with E-state index in [1.54, 1.807) is 60.7 Å². The third-order valence-electron chi connectivity index (χ3n) is 4.62. The van der Waals surface area contributed by atoms with Crippen molar-refractivity contribution >= 4 is 17.6 Å². The number of rotatable bonds is 5. The molecule has 0 saturated heterocycles. The molecule has 0 aliphatic heterocycles. The van der Waals surface area contributed by atoms with Gasteiger partial charge in [-0.15, -0.1) is 0 Å². The Kier molecular flexibility index (Phi) is 5.57. The van der Waals surface area contributed by atoms with Crippen molar-refractivity contribution in [3.05, 3.63) is 95.9 Å². The van der Waals surface area contributed by atoms with E-state index in [1.807, 2.05) is 0 Å². The predicted molar refractivity (Wildman–Crippen MR) is 113 cm³/mol. The number of ether oxygens (including phenoxy) is 1. The molecule has 4 rings (SSSR count). The first kappa shape index (κ1) is 20.0. The molecule has 0 radical (unpaired) electrons. The van der Waals surface area contributed by atoms with E-state index in [0.717, 1.165) is 0 Å². The molecule has 1 heterocycles. The van der Waals surface area contributed by atoms with Gasteiger partial charge in [0.05, 0.1) is 30.1 Å². The Morgan fingerprint density at radius 3 is 2.35 bits per heavy atom. The third-order valence-corrected chi connectivity index (χ3v) is 4.62. The number of esters is 1. The van der Waals surface area contributed by atoms with Crippen molar-refractivity contribution < 1.29 is 23.1 Å². The number of carbonyl (C=O) groups excluding carboxylic acids is 2. The summed E-state index contributed by atoms with van der Waals surface area (Å²) >= 11 is 0.